The summed E-state index contributed by atoms with van der Waals surface area (Å²) >= 11 is 5.86. The first kappa shape index (κ1) is 9.93. The van der Waals surface area contributed by atoms with Gasteiger partial charge in [0.2, 0.25) is 0 Å². The third-order valence-electron chi connectivity index (χ3n) is 1.90. The van der Waals surface area contributed by atoms with Crippen LogP contribution in [0, 0.1) is 0 Å². The van der Waals surface area contributed by atoms with Gasteiger partial charge in [0.05, 0.1) is 5.52 Å². The Morgan fingerprint density at radius 2 is 2.13 bits per heavy atom. The van der Waals surface area contributed by atoms with E-state index in [1.807, 2.05) is 24.3 Å². The minimum atomic E-state index is -0.408. The number of hydrogen-bond acceptors (Lipinski definition) is 3. The van der Waals surface area contributed by atoms with E-state index in [0.717, 1.165) is 10.9 Å². The Labute approximate surface area is 91.6 Å². The van der Waals surface area contributed by atoms with Crippen LogP contribution in [0.3, 0.4) is 0 Å². The van der Waals surface area contributed by atoms with Crippen LogP contribution in [0.1, 0.15) is 6.92 Å². The molecule has 2 rings (SSSR count). The number of ether oxygens (including phenoxy) is 1. The van der Waals surface area contributed by atoms with Crippen molar-refractivity contribution < 1.29 is 9.53 Å². The molecule has 0 saturated carbocycles. The minimum Gasteiger partial charge on any atom is -0.423 e. The lowest BCUT2D eigenvalue weighted by molar-refractivity contribution is -0.131. The minimum absolute atomic E-state index is 0.198. The number of fused-ring (bicyclic) bond motifs is 1. The SMILES string of the molecule is CC(=O)Oc1cc2ccccc2nc1Cl. The molecule has 0 atom stereocenters. The number of halogens is 1. The van der Waals surface area contributed by atoms with Gasteiger partial charge in [0, 0.05) is 12.3 Å². The number of aromatic nitrogens is 1. The number of carbonyl (C=O) groups excluding carboxylic acids is 1. The van der Waals surface area contributed by atoms with Crippen LogP contribution in [0.5, 0.6) is 5.75 Å². The maximum Gasteiger partial charge on any atom is 0.308 e. The average Bonchev–Trinajstić information content (AvgIpc) is 2.18. The van der Waals surface area contributed by atoms with Gasteiger partial charge in [-0.3, -0.25) is 4.79 Å². The van der Waals surface area contributed by atoms with Crippen molar-refractivity contribution >= 4 is 28.5 Å². The molecular formula is C11H8ClNO2. The van der Waals surface area contributed by atoms with E-state index in [-0.39, 0.29) is 5.15 Å². The average molecular weight is 222 g/mol. The Balaban J connectivity index is 2.56. The lowest BCUT2D eigenvalue weighted by Crippen LogP contribution is -2.02. The Morgan fingerprint density at radius 1 is 1.40 bits per heavy atom. The number of rotatable bonds is 1. The molecule has 76 valence electrons. The van der Waals surface area contributed by atoms with E-state index in [4.69, 9.17) is 16.3 Å². The second-order valence-electron chi connectivity index (χ2n) is 3.06. The number of esters is 1. The van der Waals surface area contributed by atoms with Crippen molar-refractivity contribution in [3.8, 4) is 5.75 Å². The monoisotopic (exact) mass is 221 g/mol. The van der Waals surface area contributed by atoms with Crippen molar-refractivity contribution in [2.45, 2.75) is 6.92 Å². The van der Waals surface area contributed by atoms with Gasteiger partial charge in [0.15, 0.2) is 10.9 Å². The zero-order valence-electron chi connectivity index (χ0n) is 8.03. The smallest absolute Gasteiger partial charge is 0.308 e. The molecule has 1 aromatic heterocycles. The first-order valence-electron chi connectivity index (χ1n) is 4.40. The quantitative estimate of drug-likeness (QED) is 0.549. The molecule has 2 aromatic rings. The molecule has 0 radical (unpaired) electrons. The summed E-state index contributed by atoms with van der Waals surface area (Å²) in [5.74, 6) is -0.114. The fraction of sp³-hybridized carbons (Fsp3) is 0.0909. The van der Waals surface area contributed by atoms with Crippen LogP contribution in [0.2, 0.25) is 5.15 Å². The molecule has 0 N–H and O–H groups in total. The van der Waals surface area contributed by atoms with Gasteiger partial charge < -0.3 is 4.74 Å². The van der Waals surface area contributed by atoms with Gasteiger partial charge in [-0.15, -0.1) is 0 Å². The summed E-state index contributed by atoms with van der Waals surface area (Å²) in [6, 6.07) is 9.18. The molecule has 1 aromatic carbocycles. The Morgan fingerprint density at radius 3 is 2.87 bits per heavy atom. The first-order valence-corrected chi connectivity index (χ1v) is 4.78. The molecule has 0 fully saturated rings. The van der Waals surface area contributed by atoms with E-state index in [2.05, 4.69) is 4.98 Å². The molecule has 0 aliphatic heterocycles. The lowest BCUT2D eigenvalue weighted by Gasteiger charge is -2.04. The van der Waals surface area contributed by atoms with Gasteiger partial charge >= 0.3 is 5.97 Å². The molecule has 0 bridgehead atoms. The highest BCUT2D eigenvalue weighted by Gasteiger charge is 2.07. The van der Waals surface area contributed by atoms with Crippen LogP contribution in [-0.4, -0.2) is 11.0 Å². The fourth-order valence-corrected chi connectivity index (χ4v) is 1.48. The predicted molar refractivity (Wildman–Crippen MR) is 58.1 cm³/mol. The normalized spacial score (nSPS) is 10.3. The highest BCUT2D eigenvalue weighted by molar-refractivity contribution is 6.31. The maximum absolute atomic E-state index is 10.8. The maximum atomic E-state index is 10.8. The molecule has 0 aliphatic carbocycles. The van der Waals surface area contributed by atoms with Gasteiger partial charge in [-0.25, -0.2) is 4.98 Å². The van der Waals surface area contributed by atoms with Crippen LogP contribution in [0.25, 0.3) is 10.9 Å². The van der Waals surface area contributed by atoms with Crippen molar-refractivity contribution in [1.29, 1.82) is 0 Å². The van der Waals surface area contributed by atoms with Crippen molar-refractivity contribution in [3.05, 3.63) is 35.5 Å². The molecule has 0 saturated heterocycles. The lowest BCUT2D eigenvalue weighted by atomic mass is 10.2. The second kappa shape index (κ2) is 3.87. The van der Waals surface area contributed by atoms with Gasteiger partial charge in [-0.05, 0) is 12.1 Å². The van der Waals surface area contributed by atoms with Crippen LogP contribution in [0.15, 0.2) is 30.3 Å². The number of pyridine rings is 1. The Bertz CT molecular complexity index is 525. The van der Waals surface area contributed by atoms with E-state index < -0.39 is 5.97 Å². The van der Waals surface area contributed by atoms with E-state index in [1.165, 1.54) is 6.92 Å². The molecule has 0 aliphatic rings. The molecule has 0 unspecified atom stereocenters. The van der Waals surface area contributed by atoms with E-state index in [9.17, 15) is 4.79 Å². The zero-order chi connectivity index (χ0) is 10.8. The van der Waals surface area contributed by atoms with E-state index >= 15 is 0 Å². The second-order valence-corrected chi connectivity index (χ2v) is 3.42. The van der Waals surface area contributed by atoms with Crippen LogP contribution >= 0.6 is 11.6 Å². The van der Waals surface area contributed by atoms with E-state index in [0.29, 0.717) is 5.75 Å². The summed E-state index contributed by atoms with van der Waals surface area (Å²) in [6.45, 7) is 1.32. The zero-order valence-corrected chi connectivity index (χ0v) is 8.78. The Hall–Kier alpha value is -1.61. The third kappa shape index (κ3) is 2.07. The van der Waals surface area contributed by atoms with Gasteiger partial charge in [0.1, 0.15) is 0 Å². The third-order valence-corrected chi connectivity index (χ3v) is 2.17. The van der Waals surface area contributed by atoms with E-state index in [1.54, 1.807) is 6.07 Å². The highest BCUT2D eigenvalue weighted by atomic mass is 35.5. The molecule has 0 amide bonds. The van der Waals surface area contributed by atoms with Crippen LogP contribution in [-0.2, 0) is 4.79 Å². The fourth-order valence-electron chi connectivity index (χ4n) is 1.30. The number of hydrogen-bond donors (Lipinski definition) is 0. The first-order chi connectivity index (χ1) is 7.16. The molecule has 4 heteroatoms. The standard InChI is InChI=1S/C11H8ClNO2/c1-7(14)15-10-6-8-4-2-3-5-9(8)13-11(10)12/h2-6H,1H3. The van der Waals surface area contributed by atoms with Gasteiger partial charge in [0.25, 0.3) is 0 Å². The summed E-state index contributed by atoms with van der Waals surface area (Å²) in [6.07, 6.45) is 0. The predicted octanol–water partition coefficient (Wildman–Crippen LogP) is 2.81. The van der Waals surface area contributed by atoms with Crippen molar-refractivity contribution in [1.82, 2.24) is 4.98 Å². The molecule has 15 heavy (non-hydrogen) atoms. The molecule has 1 heterocycles. The number of para-hydroxylation sites is 1. The number of carbonyl (C=O) groups is 1. The molecule has 0 spiro atoms. The summed E-state index contributed by atoms with van der Waals surface area (Å²) in [5, 5.41) is 1.09. The van der Waals surface area contributed by atoms with Crippen molar-refractivity contribution in [2.75, 3.05) is 0 Å². The topological polar surface area (TPSA) is 39.2 Å². The molecular weight excluding hydrogens is 214 g/mol. The largest absolute Gasteiger partial charge is 0.423 e. The van der Waals surface area contributed by atoms with Gasteiger partial charge in [-0.1, -0.05) is 29.8 Å². The molecule has 3 nitrogen and oxygen atoms in total. The highest BCUT2D eigenvalue weighted by Crippen LogP contribution is 2.26. The summed E-state index contributed by atoms with van der Waals surface area (Å²) < 4.78 is 4.92. The van der Waals surface area contributed by atoms with Crippen molar-refractivity contribution in [3.63, 3.8) is 0 Å². The van der Waals surface area contributed by atoms with Crippen LogP contribution in [0.4, 0.5) is 0 Å². The number of nitrogens with zero attached hydrogens (tertiary/aromatic N) is 1. The summed E-state index contributed by atoms with van der Waals surface area (Å²) in [5.41, 5.74) is 0.776. The van der Waals surface area contributed by atoms with Crippen molar-refractivity contribution in [2.24, 2.45) is 0 Å². The number of benzene rings is 1. The summed E-state index contributed by atoms with van der Waals surface area (Å²) in [7, 11) is 0. The van der Waals surface area contributed by atoms with Gasteiger partial charge in [-0.2, -0.15) is 0 Å². The van der Waals surface area contributed by atoms with Crippen LogP contribution < -0.4 is 4.74 Å². The summed E-state index contributed by atoms with van der Waals surface area (Å²) in [4.78, 5) is 14.9. The Kier molecular flexibility index (Phi) is 2.56.